The molecule has 2 aromatic heterocycles. The highest BCUT2D eigenvalue weighted by molar-refractivity contribution is 5.92. The Morgan fingerprint density at radius 3 is 2.92 bits per heavy atom. The lowest BCUT2D eigenvalue weighted by Crippen LogP contribution is -2.45. The van der Waals surface area contributed by atoms with Gasteiger partial charge in [-0.25, -0.2) is 4.98 Å². The van der Waals surface area contributed by atoms with Gasteiger partial charge in [-0.2, -0.15) is 5.10 Å². The van der Waals surface area contributed by atoms with Crippen molar-refractivity contribution in [2.45, 2.75) is 45.3 Å². The third kappa shape index (κ3) is 2.84. The standard InChI is InChI=1S/C17H23N5O2/c1-13-16(24-12-18-13)17(23)21-11-15-4-6-19-22(15)9-5-14(21)10-20-7-2-3-8-20/h4,6,12,14H,2-3,5,7-11H2,1H3/t14-/m1/s1. The molecule has 0 bridgehead atoms. The summed E-state index contributed by atoms with van der Waals surface area (Å²) in [6, 6.07) is 2.16. The molecule has 128 valence electrons. The molecule has 2 aliphatic heterocycles. The third-order valence-electron chi connectivity index (χ3n) is 5.12. The maximum Gasteiger partial charge on any atom is 0.292 e. The number of fused-ring (bicyclic) bond motifs is 1. The second-order valence-corrected chi connectivity index (χ2v) is 6.70. The van der Waals surface area contributed by atoms with Crippen LogP contribution in [0.25, 0.3) is 0 Å². The summed E-state index contributed by atoms with van der Waals surface area (Å²) in [5.74, 6) is 0.290. The monoisotopic (exact) mass is 329 g/mol. The quantitative estimate of drug-likeness (QED) is 0.857. The van der Waals surface area contributed by atoms with Gasteiger partial charge in [-0.3, -0.25) is 9.48 Å². The van der Waals surface area contributed by atoms with Crippen LogP contribution in [0.2, 0.25) is 0 Å². The number of rotatable bonds is 3. The molecule has 0 unspecified atom stereocenters. The van der Waals surface area contributed by atoms with Crippen molar-refractivity contribution < 1.29 is 9.21 Å². The predicted molar refractivity (Wildman–Crippen MR) is 87.4 cm³/mol. The molecule has 0 aliphatic carbocycles. The van der Waals surface area contributed by atoms with E-state index in [1.54, 1.807) is 6.20 Å². The maximum atomic E-state index is 13.1. The number of aromatic nitrogens is 3. The van der Waals surface area contributed by atoms with Crippen molar-refractivity contribution >= 4 is 5.91 Å². The predicted octanol–water partition coefficient (Wildman–Crippen LogP) is 1.69. The van der Waals surface area contributed by atoms with Gasteiger partial charge in [0.05, 0.1) is 17.9 Å². The van der Waals surface area contributed by atoms with Gasteiger partial charge in [0.2, 0.25) is 5.76 Å². The van der Waals surface area contributed by atoms with Gasteiger partial charge >= 0.3 is 0 Å². The first kappa shape index (κ1) is 15.4. The largest absolute Gasteiger partial charge is 0.438 e. The molecule has 2 aromatic rings. The molecule has 1 saturated heterocycles. The van der Waals surface area contributed by atoms with Gasteiger partial charge in [0.15, 0.2) is 6.39 Å². The fourth-order valence-corrected chi connectivity index (χ4v) is 3.75. The van der Waals surface area contributed by atoms with Crippen LogP contribution in [0.4, 0.5) is 0 Å². The molecular weight excluding hydrogens is 306 g/mol. The van der Waals surface area contributed by atoms with Gasteiger partial charge in [0.25, 0.3) is 5.91 Å². The van der Waals surface area contributed by atoms with Crippen LogP contribution in [0.3, 0.4) is 0 Å². The number of likely N-dealkylation sites (tertiary alicyclic amines) is 1. The zero-order chi connectivity index (χ0) is 16.5. The van der Waals surface area contributed by atoms with Crippen LogP contribution in [-0.4, -0.2) is 56.1 Å². The Bertz CT molecular complexity index is 716. The Balaban J connectivity index is 1.61. The second kappa shape index (κ2) is 6.39. The molecule has 0 radical (unpaired) electrons. The van der Waals surface area contributed by atoms with Gasteiger partial charge in [-0.1, -0.05) is 0 Å². The molecule has 1 atom stereocenters. The van der Waals surface area contributed by atoms with Crippen LogP contribution in [-0.2, 0) is 13.1 Å². The van der Waals surface area contributed by atoms with Crippen molar-refractivity contribution in [3.8, 4) is 0 Å². The first-order valence-electron chi connectivity index (χ1n) is 8.66. The van der Waals surface area contributed by atoms with Crippen LogP contribution < -0.4 is 0 Å². The summed E-state index contributed by atoms with van der Waals surface area (Å²) in [6.07, 6.45) is 6.57. The smallest absolute Gasteiger partial charge is 0.292 e. The zero-order valence-electron chi connectivity index (χ0n) is 14.0. The highest BCUT2D eigenvalue weighted by Gasteiger charge is 2.32. The van der Waals surface area contributed by atoms with Crippen LogP contribution in [0.15, 0.2) is 23.1 Å². The van der Waals surface area contributed by atoms with Gasteiger partial charge in [0, 0.05) is 25.3 Å². The Kier molecular flexibility index (Phi) is 4.10. The lowest BCUT2D eigenvalue weighted by molar-refractivity contribution is 0.0582. The molecule has 7 nitrogen and oxygen atoms in total. The Morgan fingerprint density at radius 1 is 1.33 bits per heavy atom. The van der Waals surface area contributed by atoms with Gasteiger partial charge in [-0.15, -0.1) is 0 Å². The molecule has 4 rings (SSSR count). The number of oxazole rings is 1. The highest BCUT2D eigenvalue weighted by Crippen LogP contribution is 2.23. The number of hydrogen-bond acceptors (Lipinski definition) is 5. The van der Waals surface area contributed by atoms with Crippen molar-refractivity contribution in [3.63, 3.8) is 0 Å². The fraction of sp³-hybridized carbons (Fsp3) is 0.588. The number of carbonyl (C=O) groups is 1. The minimum atomic E-state index is -0.0659. The molecule has 7 heteroatoms. The number of amides is 1. The Labute approximate surface area is 141 Å². The van der Waals surface area contributed by atoms with E-state index in [-0.39, 0.29) is 11.9 Å². The molecule has 0 N–H and O–H groups in total. The topological polar surface area (TPSA) is 67.4 Å². The third-order valence-corrected chi connectivity index (χ3v) is 5.12. The average molecular weight is 329 g/mol. The summed E-state index contributed by atoms with van der Waals surface area (Å²) < 4.78 is 7.38. The van der Waals surface area contributed by atoms with Crippen LogP contribution in [0.5, 0.6) is 0 Å². The summed E-state index contributed by atoms with van der Waals surface area (Å²) >= 11 is 0. The average Bonchev–Trinajstić information content (AvgIpc) is 3.30. The van der Waals surface area contributed by atoms with Crippen molar-refractivity contribution in [1.82, 2.24) is 24.6 Å². The van der Waals surface area contributed by atoms with Crippen molar-refractivity contribution in [1.29, 1.82) is 0 Å². The first-order chi connectivity index (χ1) is 11.7. The van der Waals surface area contributed by atoms with Crippen LogP contribution in [0.1, 0.15) is 41.2 Å². The lowest BCUT2D eigenvalue weighted by atomic mass is 10.1. The van der Waals surface area contributed by atoms with Crippen LogP contribution >= 0.6 is 0 Å². The number of nitrogens with zero attached hydrogens (tertiary/aromatic N) is 5. The van der Waals surface area contributed by atoms with Crippen molar-refractivity contribution in [2.75, 3.05) is 19.6 Å². The van der Waals surface area contributed by atoms with E-state index < -0.39 is 0 Å². The minimum absolute atomic E-state index is 0.0659. The summed E-state index contributed by atoms with van der Waals surface area (Å²) in [7, 11) is 0. The summed E-state index contributed by atoms with van der Waals surface area (Å²) in [4.78, 5) is 21.6. The van der Waals surface area contributed by atoms with Crippen molar-refractivity contribution in [2.24, 2.45) is 0 Å². The summed E-state index contributed by atoms with van der Waals surface area (Å²) in [6.45, 7) is 6.41. The van der Waals surface area contributed by atoms with Crippen LogP contribution in [0, 0.1) is 6.92 Å². The maximum absolute atomic E-state index is 13.1. The van der Waals surface area contributed by atoms with Gasteiger partial charge < -0.3 is 14.2 Å². The fourth-order valence-electron chi connectivity index (χ4n) is 3.75. The van der Waals surface area contributed by atoms with E-state index in [0.29, 0.717) is 18.0 Å². The molecular formula is C17H23N5O2. The molecule has 4 heterocycles. The first-order valence-corrected chi connectivity index (χ1v) is 8.66. The molecule has 0 spiro atoms. The van der Waals surface area contributed by atoms with E-state index >= 15 is 0 Å². The Morgan fingerprint density at radius 2 is 2.17 bits per heavy atom. The Hall–Kier alpha value is -2.15. The van der Waals surface area contributed by atoms with Crippen molar-refractivity contribution in [3.05, 3.63) is 35.8 Å². The molecule has 0 saturated carbocycles. The summed E-state index contributed by atoms with van der Waals surface area (Å²) in [5, 5.41) is 4.39. The van der Waals surface area contributed by atoms with E-state index in [0.717, 1.165) is 38.3 Å². The SMILES string of the molecule is Cc1ncoc1C(=O)N1Cc2ccnn2CC[C@@H]1CN1CCCC1. The van der Waals surface area contributed by atoms with E-state index in [2.05, 4.69) is 15.0 Å². The van der Waals surface area contributed by atoms with Gasteiger partial charge in [-0.05, 0) is 45.3 Å². The second-order valence-electron chi connectivity index (χ2n) is 6.70. The lowest BCUT2D eigenvalue weighted by Gasteiger charge is -2.32. The summed E-state index contributed by atoms with van der Waals surface area (Å²) in [5.41, 5.74) is 1.72. The molecule has 0 aromatic carbocycles. The molecule has 2 aliphatic rings. The number of hydrogen-bond donors (Lipinski definition) is 0. The number of aryl methyl sites for hydroxylation is 2. The highest BCUT2D eigenvalue weighted by atomic mass is 16.3. The normalized spacial score (nSPS) is 21.7. The number of carbonyl (C=O) groups excluding carboxylic acids is 1. The molecule has 24 heavy (non-hydrogen) atoms. The minimum Gasteiger partial charge on any atom is -0.438 e. The molecule has 1 amide bonds. The molecule has 1 fully saturated rings. The zero-order valence-corrected chi connectivity index (χ0v) is 14.0. The van der Waals surface area contributed by atoms with E-state index in [4.69, 9.17) is 4.42 Å². The van der Waals surface area contributed by atoms with E-state index in [9.17, 15) is 4.79 Å². The van der Waals surface area contributed by atoms with E-state index in [1.807, 2.05) is 22.6 Å². The van der Waals surface area contributed by atoms with Gasteiger partial charge in [0.1, 0.15) is 0 Å². The van der Waals surface area contributed by atoms with E-state index in [1.165, 1.54) is 19.2 Å².